The van der Waals surface area contributed by atoms with E-state index in [1.165, 1.54) is 0 Å². The number of amides is 2. The molecule has 3 rings (SSSR count). The Bertz CT molecular complexity index is 691. The Morgan fingerprint density at radius 2 is 1.78 bits per heavy atom. The summed E-state index contributed by atoms with van der Waals surface area (Å²) in [7, 11) is 0. The van der Waals surface area contributed by atoms with Crippen molar-refractivity contribution in [3.63, 3.8) is 0 Å². The lowest BCUT2D eigenvalue weighted by Crippen LogP contribution is -2.53. The molecule has 2 aliphatic heterocycles. The highest BCUT2D eigenvalue weighted by Gasteiger charge is 2.39. The highest BCUT2D eigenvalue weighted by atomic mass is 16.4. The van der Waals surface area contributed by atoms with Gasteiger partial charge in [0.1, 0.15) is 0 Å². The maximum atomic E-state index is 13.1. The minimum absolute atomic E-state index is 0.00524. The molecular weight excluding hydrogens is 344 g/mol. The summed E-state index contributed by atoms with van der Waals surface area (Å²) in [5.41, 5.74) is 0.977. The molecule has 0 saturated carbocycles. The third-order valence-corrected chi connectivity index (χ3v) is 5.91. The van der Waals surface area contributed by atoms with E-state index in [-0.39, 0.29) is 23.8 Å². The fourth-order valence-electron chi connectivity index (χ4n) is 4.31. The third-order valence-electron chi connectivity index (χ3n) is 5.91. The number of piperidine rings is 2. The summed E-state index contributed by atoms with van der Waals surface area (Å²) in [5, 5.41) is 9.38. The molecule has 2 aliphatic rings. The van der Waals surface area contributed by atoms with Crippen LogP contribution in [0.1, 0.15) is 38.2 Å². The van der Waals surface area contributed by atoms with Crippen LogP contribution in [0.4, 0.5) is 0 Å². The predicted molar refractivity (Wildman–Crippen MR) is 101 cm³/mol. The number of aliphatic carboxylic acids is 1. The predicted octanol–water partition coefficient (Wildman–Crippen LogP) is 2.18. The van der Waals surface area contributed by atoms with Crippen LogP contribution in [0.25, 0.3) is 0 Å². The molecule has 0 spiro atoms. The number of likely N-dealkylation sites (tertiary alicyclic amines) is 2. The molecule has 3 atom stereocenters. The first kappa shape index (κ1) is 19.4. The average Bonchev–Trinajstić information content (AvgIpc) is 2.68. The second kappa shape index (κ2) is 8.55. The quantitative estimate of drug-likeness (QED) is 0.879. The van der Waals surface area contributed by atoms with Crippen molar-refractivity contribution >= 4 is 17.8 Å². The molecule has 27 heavy (non-hydrogen) atoms. The summed E-state index contributed by atoms with van der Waals surface area (Å²) in [6.07, 6.45) is 3.25. The monoisotopic (exact) mass is 372 g/mol. The van der Waals surface area contributed by atoms with E-state index in [2.05, 4.69) is 0 Å². The molecule has 0 radical (unpaired) electrons. The van der Waals surface area contributed by atoms with Crippen molar-refractivity contribution in [2.24, 2.45) is 11.8 Å². The summed E-state index contributed by atoms with van der Waals surface area (Å²) in [5.74, 6) is -1.50. The van der Waals surface area contributed by atoms with E-state index in [0.29, 0.717) is 32.5 Å². The van der Waals surface area contributed by atoms with E-state index in [1.54, 1.807) is 9.80 Å². The zero-order valence-electron chi connectivity index (χ0n) is 15.8. The van der Waals surface area contributed by atoms with Crippen LogP contribution in [-0.2, 0) is 20.8 Å². The topological polar surface area (TPSA) is 77.9 Å². The molecule has 0 aliphatic carbocycles. The summed E-state index contributed by atoms with van der Waals surface area (Å²) in [6.45, 7) is 3.56. The van der Waals surface area contributed by atoms with Gasteiger partial charge in [-0.3, -0.25) is 14.4 Å². The van der Waals surface area contributed by atoms with Gasteiger partial charge >= 0.3 is 5.97 Å². The van der Waals surface area contributed by atoms with E-state index >= 15 is 0 Å². The van der Waals surface area contributed by atoms with Crippen LogP contribution in [0.5, 0.6) is 0 Å². The molecule has 0 bridgehead atoms. The standard InChI is InChI=1S/C21H28N2O4/c1-15-18(21(26)27)10-6-12-23(15)20(25)17-9-5-11-22(14-17)19(24)13-16-7-3-2-4-8-16/h2-4,7-8,15,17-18H,5-6,9-14H2,1H3,(H,26,27)/t15-,17?,18-/m1/s1. The summed E-state index contributed by atoms with van der Waals surface area (Å²) < 4.78 is 0. The minimum Gasteiger partial charge on any atom is -0.481 e. The van der Waals surface area contributed by atoms with Crippen LogP contribution >= 0.6 is 0 Å². The number of rotatable bonds is 4. The fraction of sp³-hybridized carbons (Fsp3) is 0.571. The Morgan fingerprint density at radius 1 is 1.07 bits per heavy atom. The zero-order valence-corrected chi connectivity index (χ0v) is 15.8. The zero-order chi connectivity index (χ0) is 19.4. The van der Waals surface area contributed by atoms with E-state index in [4.69, 9.17) is 0 Å². The molecule has 6 heteroatoms. The van der Waals surface area contributed by atoms with Crippen molar-refractivity contribution in [2.75, 3.05) is 19.6 Å². The smallest absolute Gasteiger partial charge is 0.308 e. The number of carboxylic acids is 1. The van der Waals surface area contributed by atoms with Crippen LogP contribution < -0.4 is 0 Å². The van der Waals surface area contributed by atoms with Crippen molar-refractivity contribution in [3.8, 4) is 0 Å². The Hall–Kier alpha value is -2.37. The second-order valence-corrected chi connectivity index (χ2v) is 7.70. The summed E-state index contributed by atoms with van der Waals surface area (Å²) in [4.78, 5) is 40.7. The number of carbonyl (C=O) groups excluding carboxylic acids is 2. The van der Waals surface area contributed by atoms with Gasteiger partial charge in [0, 0.05) is 25.7 Å². The molecule has 1 aromatic carbocycles. The molecule has 2 heterocycles. The van der Waals surface area contributed by atoms with E-state index < -0.39 is 11.9 Å². The second-order valence-electron chi connectivity index (χ2n) is 7.70. The molecule has 1 aromatic rings. The SMILES string of the molecule is C[C@@H]1[C@H](C(=O)O)CCCN1C(=O)C1CCCN(C(=O)Cc2ccccc2)C1. The Labute approximate surface area is 160 Å². The van der Waals surface area contributed by atoms with E-state index in [9.17, 15) is 19.5 Å². The van der Waals surface area contributed by atoms with Crippen molar-refractivity contribution in [3.05, 3.63) is 35.9 Å². The highest BCUT2D eigenvalue weighted by molar-refractivity contribution is 5.83. The van der Waals surface area contributed by atoms with Gasteiger partial charge in [0.25, 0.3) is 0 Å². The molecule has 146 valence electrons. The lowest BCUT2D eigenvalue weighted by atomic mass is 9.88. The van der Waals surface area contributed by atoms with E-state index in [0.717, 1.165) is 24.8 Å². The van der Waals surface area contributed by atoms with Gasteiger partial charge in [-0.15, -0.1) is 0 Å². The summed E-state index contributed by atoms with van der Waals surface area (Å²) in [6, 6.07) is 9.34. The Kier molecular flexibility index (Phi) is 6.14. The van der Waals surface area contributed by atoms with Crippen LogP contribution in [0.15, 0.2) is 30.3 Å². The molecule has 1 unspecified atom stereocenters. The van der Waals surface area contributed by atoms with Gasteiger partial charge in [-0.2, -0.15) is 0 Å². The number of carboxylic acid groups (broad SMARTS) is 1. The van der Waals surface area contributed by atoms with Gasteiger partial charge < -0.3 is 14.9 Å². The molecule has 2 amide bonds. The highest BCUT2D eigenvalue weighted by Crippen LogP contribution is 2.28. The number of hydrogen-bond acceptors (Lipinski definition) is 3. The van der Waals surface area contributed by atoms with Crippen molar-refractivity contribution < 1.29 is 19.5 Å². The van der Waals surface area contributed by atoms with Crippen LogP contribution in [0, 0.1) is 11.8 Å². The van der Waals surface area contributed by atoms with Crippen LogP contribution in [0.3, 0.4) is 0 Å². The largest absolute Gasteiger partial charge is 0.481 e. The third kappa shape index (κ3) is 4.49. The molecule has 0 aromatic heterocycles. The maximum Gasteiger partial charge on any atom is 0.308 e. The fourth-order valence-corrected chi connectivity index (χ4v) is 4.31. The van der Waals surface area contributed by atoms with Gasteiger partial charge in [-0.05, 0) is 38.2 Å². The molecule has 2 fully saturated rings. The van der Waals surface area contributed by atoms with Gasteiger partial charge in [0.15, 0.2) is 0 Å². The van der Waals surface area contributed by atoms with Crippen LogP contribution in [-0.4, -0.2) is 58.4 Å². The van der Waals surface area contributed by atoms with Gasteiger partial charge in [-0.1, -0.05) is 30.3 Å². The first-order chi connectivity index (χ1) is 13.0. The molecule has 6 nitrogen and oxygen atoms in total. The number of nitrogens with zero attached hydrogens (tertiary/aromatic N) is 2. The summed E-state index contributed by atoms with van der Waals surface area (Å²) >= 11 is 0. The van der Waals surface area contributed by atoms with Crippen molar-refractivity contribution in [1.82, 2.24) is 9.80 Å². The number of carbonyl (C=O) groups is 3. The Balaban J connectivity index is 1.62. The Morgan fingerprint density at radius 3 is 2.48 bits per heavy atom. The van der Waals surface area contributed by atoms with Gasteiger partial charge in [0.2, 0.25) is 11.8 Å². The molecular formula is C21H28N2O4. The van der Waals surface area contributed by atoms with Crippen molar-refractivity contribution in [1.29, 1.82) is 0 Å². The van der Waals surface area contributed by atoms with Gasteiger partial charge in [0.05, 0.1) is 18.3 Å². The number of hydrogen-bond donors (Lipinski definition) is 1. The molecule has 2 saturated heterocycles. The first-order valence-corrected chi connectivity index (χ1v) is 9.82. The average molecular weight is 372 g/mol. The maximum absolute atomic E-state index is 13.1. The van der Waals surface area contributed by atoms with Crippen molar-refractivity contribution in [2.45, 2.75) is 45.1 Å². The lowest BCUT2D eigenvalue weighted by Gasteiger charge is -2.41. The lowest BCUT2D eigenvalue weighted by molar-refractivity contribution is -0.151. The van der Waals surface area contributed by atoms with Crippen LogP contribution in [0.2, 0.25) is 0 Å². The first-order valence-electron chi connectivity index (χ1n) is 9.82. The number of benzene rings is 1. The molecule has 1 N–H and O–H groups in total. The van der Waals surface area contributed by atoms with Gasteiger partial charge in [-0.25, -0.2) is 0 Å². The minimum atomic E-state index is -0.830. The normalized spacial score (nSPS) is 25.9. The van der Waals surface area contributed by atoms with E-state index in [1.807, 2.05) is 37.3 Å².